The highest BCUT2D eigenvalue weighted by molar-refractivity contribution is 5.30. The third-order valence-electron chi connectivity index (χ3n) is 5.01. The molecule has 0 aromatic heterocycles. The molecule has 4 atom stereocenters. The molecule has 3 aliphatic rings. The number of fused-ring (bicyclic) bond motifs is 2. The van der Waals surface area contributed by atoms with E-state index >= 15 is 0 Å². The summed E-state index contributed by atoms with van der Waals surface area (Å²) in [5.41, 5.74) is 1.23. The number of aliphatic hydroxyl groups is 1. The Balaban J connectivity index is 1.43. The van der Waals surface area contributed by atoms with Gasteiger partial charge in [0.1, 0.15) is 0 Å². The fourth-order valence-corrected chi connectivity index (χ4v) is 3.76. The zero-order chi connectivity index (χ0) is 15.7. The molecule has 2 unspecified atom stereocenters. The van der Waals surface area contributed by atoms with E-state index in [1.54, 1.807) is 0 Å². The van der Waals surface area contributed by atoms with Crippen LogP contribution in [0.3, 0.4) is 0 Å². The lowest BCUT2D eigenvalue weighted by atomic mass is 9.82. The van der Waals surface area contributed by atoms with E-state index < -0.39 is 5.60 Å². The molecule has 1 aromatic carbocycles. The predicted octanol–water partition coefficient (Wildman–Crippen LogP) is 3.03. The lowest BCUT2D eigenvalue weighted by molar-refractivity contribution is -0.168. The largest absolute Gasteiger partial charge is 0.385 e. The fraction of sp³-hybridized carbons (Fsp3) is 0.579. The van der Waals surface area contributed by atoms with Crippen LogP contribution >= 0.6 is 0 Å². The molecule has 0 saturated carbocycles. The second-order valence-electron chi connectivity index (χ2n) is 6.85. The Bertz CT molecular complexity index is 562. The van der Waals surface area contributed by atoms with Crippen molar-refractivity contribution in [3.05, 3.63) is 47.5 Å². The maximum atomic E-state index is 11.1. The Kier molecular flexibility index (Phi) is 4.24. The SMILES string of the molecule is OC1(c2cccc(COC3CCCCO3)c2)C[C@H]2C=C[C@@H](C1)O2. The second kappa shape index (κ2) is 6.36. The average molecular weight is 316 g/mol. The fourth-order valence-electron chi connectivity index (χ4n) is 3.76. The molecule has 4 heteroatoms. The van der Waals surface area contributed by atoms with Crippen molar-refractivity contribution in [1.29, 1.82) is 0 Å². The minimum Gasteiger partial charge on any atom is -0.385 e. The molecule has 4 rings (SSSR count). The summed E-state index contributed by atoms with van der Waals surface area (Å²) in [5.74, 6) is 0. The molecule has 2 saturated heterocycles. The first-order chi connectivity index (χ1) is 11.2. The van der Waals surface area contributed by atoms with E-state index in [-0.39, 0.29) is 18.5 Å². The molecule has 1 aromatic rings. The zero-order valence-corrected chi connectivity index (χ0v) is 13.3. The second-order valence-corrected chi connectivity index (χ2v) is 6.85. The van der Waals surface area contributed by atoms with Gasteiger partial charge in [-0.05, 0) is 30.4 Å². The first-order valence-electron chi connectivity index (χ1n) is 8.60. The summed E-state index contributed by atoms with van der Waals surface area (Å²) in [7, 11) is 0. The van der Waals surface area contributed by atoms with Crippen molar-refractivity contribution >= 4 is 0 Å². The van der Waals surface area contributed by atoms with E-state index in [1.165, 1.54) is 6.42 Å². The molecule has 124 valence electrons. The van der Waals surface area contributed by atoms with Gasteiger partial charge in [-0.2, -0.15) is 0 Å². The molecular weight excluding hydrogens is 292 g/mol. The minimum absolute atomic E-state index is 0.0364. The monoisotopic (exact) mass is 316 g/mol. The molecule has 4 nitrogen and oxygen atoms in total. The van der Waals surface area contributed by atoms with E-state index in [0.29, 0.717) is 19.4 Å². The number of hydrogen-bond donors (Lipinski definition) is 1. The molecule has 2 fully saturated rings. The quantitative estimate of drug-likeness (QED) is 0.868. The van der Waals surface area contributed by atoms with Crippen molar-refractivity contribution in [2.75, 3.05) is 6.61 Å². The van der Waals surface area contributed by atoms with Gasteiger partial charge in [-0.1, -0.05) is 36.4 Å². The van der Waals surface area contributed by atoms with Gasteiger partial charge in [-0.25, -0.2) is 0 Å². The molecular formula is C19H24O4. The normalized spacial score (nSPS) is 36.3. The minimum atomic E-state index is -0.811. The number of ether oxygens (including phenoxy) is 3. The third kappa shape index (κ3) is 3.36. The number of benzene rings is 1. The standard InChI is InChI=1S/C19H24O4/c20-19(11-16-7-8-17(12-19)23-16)15-5-3-4-14(10-15)13-22-18-6-1-2-9-21-18/h3-5,7-8,10,16-18,20H,1-2,6,9,11-13H2/t16-,17+,18?,19?. The maximum absolute atomic E-state index is 11.1. The highest BCUT2D eigenvalue weighted by Gasteiger charge is 2.42. The van der Waals surface area contributed by atoms with Crippen LogP contribution in [0, 0.1) is 0 Å². The molecule has 0 spiro atoms. The highest BCUT2D eigenvalue weighted by atomic mass is 16.7. The van der Waals surface area contributed by atoms with E-state index in [1.807, 2.05) is 18.2 Å². The van der Waals surface area contributed by atoms with Crippen molar-refractivity contribution in [2.24, 2.45) is 0 Å². The van der Waals surface area contributed by atoms with Crippen LogP contribution in [0.25, 0.3) is 0 Å². The molecule has 1 N–H and O–H groups in total. The van der Waals surface area contributed by atoms with Gasteiger partial charge in [-0.3, -0.25) is 0 Å². The van der Waals surface area contributed by atoms with Gasteiger partial charge in [0.2, 0.25) is 0 Å². The first kappa shape index (κ1) is 15.3. The summed E-state index contributed by atoms with van der Waals surface area (Å²) >= 11 is 0. The molecule has 0 aliphatic carbocycles. The Labute approximate surface area is 137 Å². The Morgan fingerprint density at radius 2 is 2.00 bits per heavy atom. The molecule has 23 heavy (non-hydrogen) atoms. The summed E-state index contributed by atoms with van der Waals surface area (Å²) in [6.07, 6.45) is 8.62. The summed E-state index contributed by atoms with van der Waals surface area (Å²) in [6.45, 7) is 1.32. The van der Waals surface area contributed by atoms with Crippen LogP contribution in [0.1, 0.15) is 43.2 Å². The Hall–Kier alpha value is -1.20. The topological polar surface area (TPSA) is 47.9 Å². The lowest BCUT2D eigenvalue weighted by Gasteiger charge is -2.37. The van der Waals surface area contributed by atoms with Gasteiger partial charge in [0.15, 0.2) is 6.29 Å². The van der Waals surface area contributed by atoms with Crippen LogP contribution in [0.15, 0.2) is 36.4 Å². The molecule has 3 aliphatic heterocycles. The summed E-state index contributed by atoms with van der Waals surface area (Å²) in [6, 6.07) is 8.11. The maximum Gasteiger partial charge on any atom is 0.158 e. The van der Waals surface area contributed by atoms with E-state index in [0.717, 1.165) is 30.6 Å². The predicted molar refractivity (Wildman–Crippen MR) is 85.8 cm³/mol. The van der Waals surface area contributed by atoms with Crippen molar-refractivity contribution < 1.29 is 19.3 Å². The van der Waals surface area contributed by atoms with E-state index in [4.69, 9.17) is 14.2 Å². The first-order valence-corrected chi connectivity index (χ1v) is 8.60. The smallest absolute Gasteiger partial charge is 0.158 e. The van der Waals surface area contributed by atoms with Crippen LogP contribution in [0.2, 0.25) is 0 Å². The van der Waals surface area contributed by atoms with Gasteiger partial charge in [-0.15, -0.1) is 0 Å². The number of hydrogen-bond acceptors (Lipinski definition) is 4. The third-order valence-corrected chi connectivity index (χ3v) is 5.01. The van der Waals surface area contributed by atoms with E-state index in [9.17, 15) is 5.11 Å². The summed E-state index contributed by atoms with van der Waals surface area (Å²) in [4.78, 5) is 0. The van der Waals surface area contributed by atoms with Crippen LogP contribution in [0.4, 0.5) is 0 Å². The molecule has 0 amide bonds. The van der Waals surface area contributed by atoms with Gasteiger partial charge in [0.05, 0.1) is 24.4 Å². The summed E-state index contributed by atoms with van der Waals surface area (Å²) < 4.78 is 17.2. The van der Waals surface area contributed by atoms with Gasteiger partial charge in [0, 0.05) is 19.4 Å². The van der Waals surface area contributed by atoms with Crippen molar-refractivity contribution in [3.63, 3.8) is 0 Å². The van der Waals surface area contributed by atoms with Gasteiger partial charge >= 0.3 is 0 Å². The molecule has 3 heterocycles. The highest BCUT2D eigenvalue weighted by Crippen LogP contribution is 2.41. The van der Waals surface area contributed by atoms with E-state index in [2.05, 4.69) is 18.2 Å². The van der Waals surface area contributed by atoms with Gasteiger partial charge in [0.25, 0.3) is 0 Å². The van der Waals surface area contributed by atoms with Crippen molar-refractivity contribution in [1.82, 2.24) is 0 Å². The lowest BCUT2D eigenvalue weighted by Crippen LogP contribution is -2.39. The van der Waals surface area contributed by atoms with Crippen LogP contribution in [-0.4, -0.2) is 30.2 Å². The Morgan fingerprint density at radius 3 is 2.74 bits per heavy atom. The molecule has 2 bridgehead atoms. The molecule has 0 radical (unpaired) electrons. The average Bonchev–Trinajstić information content (AvgIpc) is 2.93. The Morgan fingerprint density at radius 1 is 1.17 bits per heavy atom. The van der Waals surface area contributed by atoms with Crippen molar-refractivity contribution in [2.45, 2.75) is 62.8 Å². The zero-order valence-electron chi connectivity index (χ0n) is 13.3. The van der Waals surface area contributed by atoms with Crippen LogP contribution < -0.4 is 0 Å². The van der Waals surface area contributed by atoms with Crippen LogP contribution in [0.5, 0.6) is 0 Å². The van der Waals surface area contributed by atoms with Gasteiger partial charge < -0.3 is 19.3 Å². The van der Waals surface area contributed by atoms with Crippen molar-refractivity contribution in [3.8, 4) is 0 Å². The number of rotatable bonds is 4. The van der Waals surface area contributed by atoms with Crippen LogP contribution in [-0.2, 0) is 26.4 Å². The summed E-state index contributed by atoms with van der Waals surface area (Å²) in [5, 5.41) is 11.1.